The standard InChI is InChI=1S/C17H17F2NO4S2/c18-13-8-9-16(19)17(11-13)26(23,24)20-10-4-5-14(20)12-25(21,22)15-6-2-1-3-7-15/h1-3,6-9,11,14H,4-5,10,12H2. The number of nitrogens with zero attached hydrogens (tertiary/aromatic N) is 1. The van der Waals surface area contributed by atoms with Crippen LogP contribution < -0.4 is 0 Å². The van der Waals surface area contributed by atoms with Crippen molar-refractivity contribution in [2.45, 2.75) is 28.7 Å². The van der Waals surface area contributed by atoms with Gasteiger partial charge in [-0.2, -0.15) is 4.31 Å². The quantitative estimate of drug-likeness (QED) is 0.772. The second-order valence-electron chi connectivity index (χ2n) is 6.08. The van der Waals surface area contributed by atoms with Gasteiger partial charge in [0, 0.05) is 12.6 Å². The lowest BCUT2D eigenvalue weighted by atomic mass is 10.3. The van der Waals surface area contributed by atoms with Crippen LogP contribution in [0.4, 0.5) is 8.78 Å². The monoisotopic (exact) mass is 401 g/mol. The van der Waals surface area contributed by atoms with Gasteiger partial charge in [-0.1, -0.05) is 18.2 Å². The van der Waals surface area contributed by atoms with Gasteiger partial charge in [0.25, 0.3) is 0 Å². The first-order valence-corrected chi connectivity index (χ1v) is 11.1. The highest BCUT2D eigenvalue weighted by Crippen LogP contribution is 2.29. The summed E-state index contributed by atoms with van der Waals surface area (Å²) in [6.07, 6.45) is 0.785. The zero-order valence-corrected chi connectivity index (χ0v) is 15.3. The van der Waals surface area contributed by atoms with E-state index in [2.05, 4.69) is 0 Å². The van der Waals surface area contributed by atoms with E-state index in [-0.39, 0.29) is 11.4 Å². The maximum absolute atomic E-state index is 14.0. The molecule has 1 aliphatic heterocycles. The second kappa shape index (κ2) is 7.05. The van der Waals surface area contributed by atoms with Gasteiger partial charge in [-0.3, -0.25) is 0 Å². The Morgan fingerprint density at radius 1 is 1.00 bits per heavy atom. The molecular weight excluding hydrogens is 384 g/mol. The molecule has 1 aliphatic rings. The maximum Gasteiger partial charge on any atom is 0.246 e. The molecule has 1 unspecified atom stereocenters. The van der Waals surface area contributed by atoms with Crippen LogP contribution in [-0.4, -0.2) is 39.5 Å². The van der Waals surface area contributed by atoms with E-state index >= 15 is 0 Å². The molecule has 0 amide bonds. The Hall–Kier alpha value is -1.84. The van der Waals surface area contributed by atoms with E-state index < -0.39 is 48.2 Å². The molecule has 1 saturated heterocycles. The molecule has 140 valence electrons. The average molecular weight is 401 g/mol. The number of sulfone groups is 1. The normalized spacial score (nSPS) is 18.9. The van der Waals surface area contributed by atoms with Crippen LogP contribution in [0, 0.1) is 11.6 Å². The lowest BCUT2D eigenvalue weighted by molar-refractivity contribution is 0.403. The van der Waals surface area contributed by atoms with Crippen LogP contribution in [-0.2, 0) is 19.9 Å². The molecule has 3 rings (SSSR count). The Bertz CT molecular complexity index is 1010. The first-order valence-electron chi connectivity index (χ1n) is 7.96. The third-order valence-electron chi connectivity index (χ3n) is 4.32. The highest BCUT2D eigenvalue weighted by Gasteiger charge is 2.39. The molecule has 1 heterocycles. The molecule has 1 atom stereocenters. The van der Waals surface area contributed by atoms with E-state index in [1.807, 2.05) is 0 Å². The Kier molecular flexibility index (Phi) is 5.14. The van der Waals surface area contributed by atoms with Crippen molar-refractivity contribution in [2.75, 3.05) is 12.3 Å². The minimum atomic E-state index is -4.34. The third kappa shape index (κ3) is 3.65. The van der Waals surface area contributed by atoms with E-state index in [0.29, 0.717) is 18.9 Å². The van der Waals surface area contributed by atoms with Gasteiger partial charge >= 0.3 is 0 Å². The molecule has 0 spiro atoms. The van der Waals surface area contributed by atoms with Crippen molar-refractivity contribution in [2.24, 2.45) is 0 Å². The number of halogens is 2. The lowest BCUT2D eigenvalue weighted by Gasteiger charge is -2.24. The van der Waals surface area contributed by atoms with Gasteiger partial charge in [0.2, 0.25) is 10.0 Å². The fourth-order valence-corrected chi connectivity index (χ4v) is 6.55. The summed E-state index contributed by atoms with van der Waals surface area (Å²) < 4.78 is 79.0. The summed E-state index contributed by atoms with van der Waals surface area (Å²) in [4.78, 5) is -0.678. The van der Waals surface area contributed by atoms with Crippen molar-refractivity contribution >= 4 is 19.9 Å². The summed E-state index contributed by atoms with van der Waals surface area (Å²) >= 11 is 0. The van der Waals surface area contributed by atoms with Crippen molar-refractivity contribution in [3.8, 4) is 0 Å². The fraction of sp³-hybridized carbons (Fsp3) is 0.294. The predicted octanol–water partition coefficient (Wildman–Crippen LogP) is 2.59. The van der Waals surface area contributed by atoms with Gasteiger partial charge in [0.15, 0.2) is 9.84 Å². The van der Waals surface area contributed by atoms with Gasteiger partial charge in [0.05, 0.1) is 10.6 Å². The van der Waals surface area contributed by atoms with Gasteiger partial charge < -0.3 is 0 Å². The van der Waals surface area contributed by atoms with Crippen LogP contribution in [0.2, 0.25) is 0 Å². The topological polar surface area (TPSA) is 71.5 Å². The minimum Gasteiger partial charge on any atom is -0.224 e. The molecule has 0 aliphatic carbocycles. The van der Waals surface area contributed by atoms with Gasteiger partial charge in [-0.25, -0.2) is 25.6 Å². The first-order chi connectivity index (χ1) is 12.2. The molecule has 2 aromatic rings. The first kappa shape index (κ1) is 18.9. The van der Waals surface area contributed by atoms with E-state index in [1.165, 1.54) is 12.1 Å². The molecule has 0 bridgehead atoms. The number of hydrogen-bond donors (Lipinski definition) is 0. The molecule has 5 nitrogen and oxygen atoms in total. The zero-order chi connectivity index (χ0) is 18.9. The summed E-state index contributed by atoms with van der Waals surface area (Å²) in [6, 6.07) is 9.09. The maximum atomic E-state index is 14.0. The molecular formula is C17H17F2NO4S2. The summed E-state index contributed by atoms with van der Waals surface area (Å²) in [5, 5.41) is 0. The largest absolute Gasteiger partial charge is 0.246 e. The Labute approximate surface area is 151 Å². The summed E-state index contributed by atoms with van der Waals surface area (Å²) in [5.41, 5.74) is 0. The Balaban J connectivity index is 1.92. The Morgan fingerprint density at radius 3 is 2.38 bits per heavy atom. The number of benzene rings is 2. The number of hydrogen-bond acceptors (Lipinski definition) is 4. The molecule has 0 N–H and O–H groups in total. The van der Waals surface area contributed by atoms with Gasteiger partial charge in [-0.15, -0.1) is 0 Å². The fourth-order valence-electron chi connectivity index (χ4n) is 3.07. The molecule has 0 saturated carbocycles. The smallest absolute Gasteiger partial charge is 0.224 e. The highest BCUT2D eigenvalue weighted by molar-refractivity contribution is 7.91. The van der Waals surface area contributed by atoms with E-state index in [1.54, 1.807) is 18.2 Å². The van der Waals surface area contributed by atoms with Crippen molar-refractivity contribution in [1.29, 1.82) is 0 Å². The van der Waals surface area contributed by atoms with Crippen LogP contribution >= 0.6 is 0 Å². The van der Waals surface area contributed by atoms with Crippen LogP contribution in [0.25, 0.3) is 0 Å². The zero-order valence-electron chi connectivity index (χ0n) is 13.7. The van der Waals surface area contributed by atoms with Crippen LogP contribution in [0.5, 0.6) is 0 Å². The molecule has 9 heteroatoms. The van der Waals surface area contributed by atoms with E-state index in [4.69, 9.17) is 0 Å². The van der Waals surface area contributed by atoms with Gasteiger partial charge in [-0.05, 0) is 43.2 Å². The summed E-state index contributed by atoms with van der Waals surface area (Å²) in [7, 11) is -8.05. The average Bonchev–Trinajstić information content (AvgIpc) is 3.06. The Morgan fingerprint density at radius 2 is 1.69 bits per heavy atom. The minimum absolute atomic E-state index is 0.0628. The number of rotatable bonds is 5. The van der Waals surface area contributed by atoms with Crippen LogP contribution in [0.3, 0.4) is 0 Å². The SMILES string of the molecule is O=S(=O)(CC1CCCN1S(=O)(=O)c1cc(F)ccc1F)c1ccccc1. The molecule has 26 heavy (non-hydrogen) atoms. The van der Waals surface area contributed by atoms with Crippen LogP contribution in [0.15, 0.2) is 58.3 Å². The molecule has 0 radical (unpaired) electrons. The molecule has 2 aromatic carbocycles. The number of sulfonamides is 1. The highest BCUT2D eigenvalue weighted by atomic mass is 32.2. The molecule has 1 fully saturated rings. The summed E-state index contributed by atoms with van der Waals surface area (Å²) in [5.74, 6) is -2.35. The van der Waals surface area contributed by atoms with Crippen LogP contribution in [0.1, 0.15) is 12.8 Å². The van der Waals surface area contributed by atoms with Crippen molar-refractivity contribution < 1.29 is 25.6 Å². The van der Waals surface area contributed by atoms with Crippen molar-refractivity contribution in [1.82, 2.24) is 4.31 Å². The second-order valence-corrected chi connectivity index (χ2v) is 9.97. The lowest BCUT2D eigenvalue weighted by Crippen LogP contribution is -2.40. The van der Waals surface area contributed by atoms with Gasteiger partial charge in [0.1, 0.15) is 16.5 Å². The van der Waals surface area contributed by atoms with Crippen molar-refractivity contribution in [3.05, 3.63) is 60.2 Å². The van der Waals surface area contributed by atoms with Crippen molar-refractivity contribution in [3.63, 3.8) is 0 Å². The van der Waals surface area contributed by atoms with E-state index in [9.17, 15) is 25.6 Å². The third-order valence-corrected chi connectivity index (χ3v) is 8.10. The van der Waals surface area contributed by atoms with E-state index in [0.717, 1.165) is 16.4 Å². The molecule has 0 aromatic heterocycles. The summed E-state index contributed by atoms with van der Waals surface area (Å²) in [6.45, 7) is 0.0628. The predicted molar refractivity (Wildman–Crippen MR) is 91.8 cm³/mol.